The van der Waals surface area contributed by atoms with E-state index in [2.05, 4.69) is 10.2 Å². The molecular formula is C23H35N3O6S. The van der Waals surface area contributed by atoms with E-state index in [1.165, 1.54) is 4.31 Å². The summed E-state index contributed by atoms with van der Waals surface area (Å²) >= 11 is 0. The van der Waals surface area contributed by atoms with Crippen molar-refractivity contribution in [2.24, 2.45) is 11.8 Å². The fourth-order valence-electron chi connectivity index (χ4n) is 4.98. The van der Waals surface area contributed by atoms with E-state index >= 15 is 0 Å². The molecule has 10 heteroatoms. The molecular weight excluding hydrogens is 446 g/mol. The zero-order chi connectivity index (χ0) is 23.3. The second kappa shape index (κ2) is 11.1. The Kier molecular flexibility index (Phi) is 8.24. The van der Waals surface area contributed by atoms with Crippen LogP contribution in [0.3, 0.4) is 0 Å². The number of nitrogens with one attached hydrogen (secondary N) is 1. The average Bonchev–Trinajstić information content (AvgIpc) is 3.39. The Morgan fingerprint density at radius 3 is 2.55 bits per heavy atom. The van der Waals surface area contributed by atoms with E-state index in [0.29, 0.717) is 50.8 Å². The Balaban J connectivity index is 1.37. The second-order valence-corrected chi connectivity index (χ2v) is 10.9. The zero-order valence-electron chi connectivity index (χ0n) is 19.3. The molecule has 0 aromatic heterocycles. The molecule has 0 radical (unpaired) electrons. The van der Waals surface area contributed by atoms with Gasteiger partial charge in [0.05, 0.1) is 37.7 Å². The molecule has 4 rings (SSSR count). The van der Waals surface area contributed by atoms with E-state index in [1.54, 1.807) is 31.4 Å². The molecule has 1 N–H and O–H groups in total. The molecule has 3 fully saturated rings. The van der Waals surface area contributed by atoms with Crippen LogP contribution in [0, 0.1) is 11.8 Å². The minimum absolute atomic E-state index is 0.0678. The summed E-state index contributed by atoms with van der Waals surface area (Å²) in [6.07, 6.45) is 2.35. The summed E-state index contributed by atoms with van der Waals surface area (Å²) in [6, 6.07) is 6.59. The first kappa shape index (κ1) is 24.4. The molecule has 184 valence electrons. The van der Waals surface area contributed by atoms with Crippen molar-refractivity contribution >= 4 is 15.9 Å². The van der Waals surface area contributed by atoms with Crippen molar-refractivity contribution < 1.29 is 27.4 Å². The summed E-state index contributed by atoms with van der Waals surface area (Å²) in [7, 11) is -2.11. The predicted molar refractivity (Wildman–Crippen MR) is 123 cm³/mol. The van der Waals surface area contributed by atoms with Crippen molar-refractivity contribution in [2.75, 3.05) is 66.3 Å². The smallest absolute Gasteiger partial charge is 0.243 e. The lowest BCUT2D eigenvalue weighted by Crippen LogP contribution is -2.53. The van der Waals surface area contributed by atoms with E-state index in [1.807, 2.05) is 0 Å². The SMILES string of the molecule is COc1ccc(S(=O)(=O)N2CCCC(C(=O)NCC(C3CCOC3)N3CCOCC3)C2)cc1. The number of amides is 1. The van der Waals surface area contributed by atoms with Gasteiger partial charge in [-0.15, -0.1) is 0 Å². The molecule has 3 unspecified atom stereocenters. The van der Waals surface area contributed by atoms with Crippen molar-refractivity contribution in [3.63, 3.8) is 0 Å². The summed E-state index contributed by atoms with van der Waals surface area (Å²) in [6.45, 7) is 5.79. The molecule has 1 aromatic rings. The highest BCUT2D eigenvalue weighted by Gasteiger charge is 2.35. The van der Waals surface area contributed by atoms with Crippen LogP contribution in [0.2, 0.25) is 0 Å². The number of nitrogens with zero attached hydrogens (tertiary/aromatic N) is 2. The molecule has 3 aliphatic heterocycles. The second-order valence-electron chi connectivity index (χ2n) is 8.96. The number of hydrogen-bond donors (Lipinski definition) is 1. The number of rotatable bonds is 8. The molecule has 0 saturated carbocycles. The number of carbonyl (C=O) groups excluding carboxylic acids is 1. The van der Waals surface area contributed by atoms with Crippen LogP contribution < -0.4 is 10.1 Å². The highest BCUT2D eigenvalue weighted by atomic mass is 32.2. The third-order valence-electron chi connectivity index (χ3n) is 6.96. The molecule has 0 bridgehead atoms. The number of hydrogen-bond acceptors (Lipinski definition) is 7. The first-order valence-electron chi connectivity index (χ1n) is 11.8. The molecule has 3 aliphatic rings. The highest BCUT2D eigenvalue weighted by molar-refractivity contribution is 7.89. The lowest BCUT2D eigenvalue weighted by atomic mass is 9.95. The van der Waals surface area contributed by atoms with E-state index in [-0.39, 0.29) is 29.3 Å². The summed E-state index contributed by atoms with van der Waals surface area (Å²) in [5.74, 6) is 0.577. The first-order chi connectivity index (χ1) is 16.0. The molecule has 0 aliphatic carbocycles. The summed E-state index contributed by atoms with van der Waals surface area (Å²) in [4.78, 5) is 15.7. The number of methoxy groups -OCH3 is 1. The van der Waals surface area contributed by atoms with Crippen LogP contribution in [0.25, 0.3) is 0 Å². The van der Waals surface area contributed by atoms with Crippen LogP contribution in [0.1, 0.15) is 19.3 Å². The number of carbonyl (C=O) groups is 1. The van der Waals surface area contributed by atoms with E-state index < -0.39 is 10.0 Å². The maximum Gasteiger partial charge on any atom is 0.243 e. The Hall–Kier alpha value is -1.72. The number of benzene rings is 1. The van der Waals surface area contributed by atoms with Gasteiger partial charge in [-0.1, -0.05) is 0 Å². The molecule has 3 atom stereocenters. The summed E-state index contributed by atoms with van der Waals surface area (Å²) in [5, 5.41) is 3.14. The van der Waals surface area contributed by atoms with Gasteiger partial charge in [0.15, 0.2) is 0 Å². The van der Waals surface area contributed by atoms with Crippen molar-refractivity contribution in [1.82, 2.24) is 14.5 Å². The Morgan fingerprint density at radius 2 is 1.88 bits per heavy atom. The van der Waals surface area contributed by atoms with E-state index in [0.717, 1.165) is 32.7 Å². The van der Waals surface area contributed by atoms with E-state index in [4.69, 9.17) is 14.2 Å². The largest absolute Gasteiger partial charge is 0.497 e. The number of morpholine rings is 1. The van der Waals surface area contributed by atoms with Crippen LogP contribution in [-0.4, -0.2) is 95.8 Å². The summed E-state index contributed by atoms with van der Waals surface area (Å²) < 4.78 is 43.9. The van der Waals surface area contributed by atoms with Gasteiger partial charge in [-0.2, -0.15) is 4.31 Å². The minimum Gasteiger partial charge on any atom is -0.497 e. The van der Waals surface area contributed by atoms with Gasteiger partial charge in [0.2, 0.25) is 15.9 Å². The van der Waals surface area contributed by atoms with E-state index in [9.17, 15) is 13.2 Å². The third-order valence-corrected chi connectivity index (χ3v) is 8.84. The van der Waals surface area contributed by atoms with Gasteiger partial charge in [0.25, 0.3) is 0 Å². The monoisotopic (exact) mass is 481 g/mol. The maximum atomic E-state index is 13.1. The van der Waals surface area contributed by atoms with Gasteiger partial charge in [0.1, 0.15) is 5.75 Å². The van der Waals surface area contributed by atoms with Gasteiger partial charge in [-0.25, -0.2) is 8.42 Å². The van der Waals surface area contributed by atoms with Gasteiger partial charge in [-0.05, 0) is 43.5 Å². The van der Waals surface area contributed by atoms with Crippen molar-refractivity contribution in [3.8, 4) is 5.75 Å². The van der Waals surface area contributed by atoms with Gasteiger partial charge in [0, 0.05) is 51.3 Å². The number of ether oxygens (including phenoxy) is 3. The normalized spacial score (nSPS) is 26.1. The standard InChI is InChI=1S/C23H35N3O6S/c1-30-20-4-6-21(7-5-20)33(28,29)26-9-2-3-18(16-26)23(27)24-15-22(19-8-12-32-17-19)25-10-13-31-14-11-25/h4-7,18-19,22H,2-3,8-17H2,1H3,(H,24,27). The molecule has 1 amide bonds. The van der Waals surface area contributed by atoms with Gasteiger partial charge >= 0.3 is 0 Å². The molecule has 0 spiro atoms. The Labute approximate surface area is 196 Å². The van der Waals surface area contributed by atoms with Crippen LogP contribution in [0.5, 0.6) is 5.75 Å². The number of sulfonamides is 1. The lowest BCUT2D eigenvalue weighted by molar-refractivity contribution is -0.126. The fraction of sp³-hybridized carbons (Fsp3) is 0.696. The molecule has 33 heavy (non-hydrogen) atoms. The van der Waals surface area contributed by atoms with Gasteiger partial charge in [-0.3, -0.25) is 9.69 Å². The third kappa shape index (κ3) is 5.86. The lowest BCUT2D eigenvalue weighted by Gasteiger charge is -2.38. The Bertz CT molecular complexity index is 882. The molecule has 3 heterocycles. The van der Waals surface area contributed by atoms with Crippen molar-refractivity contribution in [1.29, 1.82) is 0 Å². The zero-order valence-corrected chi connectivity index (χ0v) is 20.1. The minimum atomic E-state index is -3.66. The maximum absolute atomic E-state index is 13.1. The van der Waals surface area contributed by atoms with Crippen LogP contribution in [-0.2, 0) is 24.3 Å². The Morgan fingerprint density at radius 1 is 1.12 bits per heavy atom. The van der Waals surface area contributed by atoms with Crippen LogP contribution in [0.4, 0.5) is 0 Å². The molecule has 3 saturated heterocycles. The van der Waals surface area contributed by atoms with Gasteiger partial charge < -0.3 is 19.5 Å². The van der Waals surface area contributed by atoms with Crippen molar-refractivity contribution in [2.45, 2.75) is 30.2 Å². The highest BCUT2D eigenvalue weighted by Crippen LogP contribution is 2.26. The quantitative estimate of drug-likeness (QED) is 0.590. The van der Waals surface area contributed by atoms with Crippen LogP contribution in [0.15, 0.2) is 29.2 Å². The van der Waals surface area contributed by atoms with Crippen LogP contribution >= 0.6 is 0 Å². The van der Waals surface area contributed by atoms with Crippen molar-refractivity contribution in [3.05, 3.63) is 24.3 Å². The fourth-order valence-corrected chi connectivity index (χ4v) is 6.50. The first-order valence-corrected chi connectivity index (χ1v) is 13.2. The average molecular weight is 482 g/mol. The molecule has 9 nitrogen and oxygen atoms in total. The predicted octanol–water partition coefficient (Wildman–Crippen LogP) is 0.949. The summed E-state index contributed by atoms with van der Waals surface area (Å²) in [5.41, 5.74) is 0. The molecule has 1 aromatic carbocycles. The topological polar surface area (TPSA) is 97.4 Å². The number of piperidine rings is 1.